The first kappa shape index (κ1) is 24.8. The molecule has 1 fully saturated rings. The van der Waals surface area contributed by atoms with Crippen LogP contribution in [0.4, 0.5) is 5.69 Å². The molecule has 0 radical (unpaired) electrons. The van der Waals surface area contributed by atoms with Crippen LogP contribution in [-0.4, -0.2) is 37.0 Å². The number of carbonyl (C=O) groups is 1. The number of aliphatic imine (C=N–C) groups is 1. The molecule has 4 rings (SSSR count). The van der Waals surface area contributed by atoms with E-state index in [-0.39, 0.29) is 11.3 Å². The number of para-hydroxylation sites is 2. The van der Waals surface area contributed by atoms with E-state index in [0.717, 1.165) is 24.0 Å². The number of ether oxygens (including phenoxy) is 1. The average molecular weight is 482 g/mol. The van der Waals surface area contributed by atoms with Crippen LogP contribution < -0.4 is 15.4 Å². The van der Waals surface area contributed by atoms with Crippen molar-refractivity contribution in [2.45, 2.75) is 31.2 Å². The molecule has 36 heavy (non-hydrogen) atoms. The van der Waals surface area contributed by atoms with Crippen molar-refractivity contribution >= 4 is 17.6 Å². The number of anilines is 1. The maximum Gasteiger partial charge on any atom is 0.225 e. The molecule has 1 aliphatic rings. The number of hydrogen-bond acceptors (Lipinski definition) is 4. The normalized spacial score (nSPS) is 15.0. The number of amides is 1. The summed E-state index contributed by atoms with van der Waals surface area (Å²) in [7, 11) is 1.60. The van der Waals surface area contributed by atoms with Crippen LogP contribution in [0.5, 0.6) is 5.75 Å². The molecule has 0 aliphatic carbocycles. The highest BCUT2D eigenvalue weighted by molar-refractivity contribution is 5.93. The quantitative estimate of drug-likeness (QED) is 0.221. The van der Waals surface area contributed by atoms with Crippen LogP contribution in [-0.2, 0) is 16.8 Å². The largest absolute Gasteiger partial charge is 0.495 e. The highest BCUT2D eigenvalue weighted by Gasteiger charge is 2.39. The second kappa shape index (κ2) is 11.9. The molecule has 0 atom stereocenters. The van der Waals surface area contributed by atoms with E-state index in [0.29, 0.717) is 43.5 Å². The molecule has 1 amide bonds. The van der Waals surface area contributed by atoms with Gasteiger partial charge >= 0.3 is 0 Å². The molecule has 7 nitrogen and oxygen atoms in total. The second-order valence-electron chi connectivity index (χ2n) is 8.92. The summed E-state index contributed by atoms with van der Waals surface area (Å²) < 4.78 is 5.40. The van der Waals surface area contributed by atoms with Gasteiger partial charge < -0.3 is 15.0 Å². The number of guanidine groups is 1. The van der Waals surface area contributed by atoms with Gasteiger partial charge in [-0.25, -0.2) is 4.99 Å². The molecule has 2 N–H and O–H groups in total. The molecule has 0 spiro atoms. The van der Waals surface area contributed by atoms with Gasteiger partial charge in [0.05, 0.1) is 19.3 Å². The predicted molar refractivity (Wildman–Crippen MR) is 141 cm³/mol. The standard InChI is InChI=1S/C29H31N5O2/c1-36-26-15-9-8-14-25(26)33-27(35)20-29(24-12-6-3-7-13-24)16-18-34(19-17-29)28(32-22-30)31-21-23-10-4-2-5-11-23/h2-15H,16-21H2,1H3,(H,31,32)(H,33,35). The van der Waals surface area contributed by atoms with Gasteiger partial charge in [0.1, 0.15) is 5.75 Å². The molecule has 3 aromatic carbocycles. The predicted octanol–water partition coefficient (Wildman–Crippen LogP) is 4.68. The summed E-state index contributed by atoms with van der Waals surface area (Å²) >= 11 is 0. The summed E-state index contributed by atoms with van der Waals surface area (Å²) in [5.41, 5.74) is 2.58. The van der Waals surface area contributed by atoms with E-state index < -0.39 is 0 Å². The molecule has 0 saturated carbocycles. The van der Waals surface area contributed by atoms with Crippen molar-refractivity contribution in [1.29, 1.82) is 5.26 Å². The number of nitrogens with one attached hydrogen (secondary N) is 2. The molecule has 1 heterocycles. The number of likely N-dealkylation sites (tertiary alicyclic amines) is 1. The lowest BCUT2D eigenvalue weighted by Crippen LogP contribution is -2.49. The van der Waals surface area contributed by atoms with E-state index >= 15 is 0 Å². The lowest BCUT2D eigenvalue weighted by atomic mass is 9.70. The van der Waals surface area contributed by atoms with Gasteiger partial charge in [0.2, 0.25) is 11.9 Å². The fourth-order valence-corrected chi connectivity index (χ4v) is 4.77. The van der Waals surface area contributed by atoms with Crippen LogP contribution >= 0.6 is 0 Å². The minimum Gasteiger partial charge on any atom is -0.495 e. The summed E-state index contributed by atoms with van der Waals surface area (Å²) in [6.45, 7) is 1.85. The number of rotatable bonds is 7. The molecule has 0 bridgehead atoms. The molecule has 7 heteroatoms. The number of benzene rings is 3. The maximum atomic E-state index is 13.2. The Morgan fingerprint density at radius 1 is 1.00 bits per heavy atom. The Morgan fingerprint density at radius 2 is 1.64 bits per heavy atom. The Kier molecular flexibility index (Phi) is 8.20. The second-order valence-corrected chi connectivity index (χ2v) is 8.92. The Hall–Kier alpha value is -4.31. The van der Waals surface area contributed by atoms with E-state index in [2.05, 4.69) is 32.7 Å². The first-order valence-electron chi connectivity index (χ1n) is 12.1. The minimum atomic E-state index is -0.318. The monoisotopic (exact) mass is 481 g/mol. The van der Waals surface area contributed by atoms with Gasteiger partial charge in [0.25, 0.3) is 0 Å². The van der Waals surface area contributed by atoms with Crippen molar-refractivity contribution in [2.75, 3.05) is 25.5 Å². The van der Waals surface area contributed by atoms with Gasteiger partial charge in [0.15, 0.2) is 6.19 Å². The van der Waals surface area contributed by atoms with Gasteiger partial charge in [-0.05, 0) is 36.1 Å². The molecule has 0 aromatic heterocycles. The van der Waals surface area contributed by atoms with Crippen LogP contribution in [0.2, 0.25) is 0 Å². The molecule has 0 unspecified atom stereocenters. The van der Waals surface area contributed by atoms with Crippen molar-refractivity contribution in [3.8, 4) is 11.9 Å². The molecular formula is C29H31N5O2. The van der Waals surface area contributed by atoms with Gasteiger partial charge in [-0.2, -0.15) is 5.26 Å². The zero-order chi connectivity index (χ0) is 25.2. The van der Waals surface area contributed by atoms with Crippen molar-refractivity contribution in [3.05, 3.63) is 96.1 Å². The van der Waals surface area contributed by atoms with Gasteiger partial charge in [-0.15, -0.1) is 0 Å². The lowest BCUT2D eigenvalue weighted by molar-refractivity contribution is -0.117. The SMILES string of the molecule is COc1ccccc1NC(=O)CC1(c2ccccc2)CCN(C(=NCc2ccccc2)NC#N)CC1. The van der Waals surface area contributed by atoms with Crippen LogP contribution in [0.3, 0.4) is 0 Å². The minimum absolute atomic E-state index is 0.0510. The van der Waals surface area contributed by atoms with Crippen molar-refractivity contribution < 1.29 is 9.53 Å². The average Bonchev–Trinajstić information content (AvgIpc) is 2.93. The summed E-state index contributed by atoms with van der Waals surface area (Å²) in [6, 6.07) is 27.6. The summed E-state index contributed by atoms with van der Waals surface area (Å²) in [4.78, 5) is 20.0. The molecule has 1 aliphatic heterocycles. The number of nitrogens with zero attached hydrogens (tertiary/aromatic N) is 3. The summed E-state index contributed by atoms with van der Waals surface area (Å²) in [5.74, 6) is 1.16. The number of piperidine rings is 1. The number of carbonyl (C=O) groups excluding carboxylic acids is 1. The van der Waals surface area contributed by atoms with E-state index in [4.69, 9.17) is 4.74 Å². The van der Waals surface area contributed by atoms with Crippen LogP contribution in [0.1, 0.15) is 30.4 Å². The van der Waals surface area contributed by atoms with Crippen LogP contribution in [0.15, 0.2) is 89.9 Å². The van der Waals surface area contributed by atoms with E-state index in [1.54, 1.807) is 7.11 Å². The van der Waals surface area contributed by atoms with E-state index in [9.17, 15) is 10.1 Å². The van der Waals surface area contributed by atoms with Crippen LogP contribution in [0.25, 0.3) is 0 Å². The topological polar surface area (TPSA) is 89.8 Å². The van der Waals surface area contributed by atoms with Gasteiger partial charge in [-0.1, -0.05) is 72.8 Å². The molecule has 184 valence electrons. The van der Waals surface area contributed by atoms with Crippen molar-refractivity contribution in [2.24, 2.45) is 4.99 Å². The van der Waals surface area contributed by atoms with E-state index in [1.807, 2.05) is 79.0 Å². The highest BCUT2D eigenvalue weighted by atomic mass is 16.5. The Balaban J connectivity index is 1.50. The smallest absolute Gasteiger partial charge is 0.225 e. The zero-order valence-electron chi connectivity index (χ0n) is 20.5. The summed E-state index contributed by atoms with van der Waals surface area (Å²) in [6.07, 6.45) is 3.89. The summed E-state index contributed by atoms with van der Waals surface area (Å²) in [5, 5.41) is 15.1. The third-order valence-corrected chi connectivity index (χ3v) is 6.71. The van der Waals surface area contributed by atoms with Crippen molar-refractivity contribution in [1.82, 2.24) is 10.2 Å². The van der Waals surface area contributed by atoms with E-state index in [1.165, 1.54) is 0 Å². The van der Waals surface area contributed by atoms with Crippen molar-refractivity contribution in [3.63, 3.8) is 0 Å². The van der Waals surface area contributed by atoms with Crippen LogP contribution in [0, 0.1) is 11.5 Å². The van der Waals surface area contributed by atoms with Gasteiger partial charge in [0, 0.05) is 24.9 Å². The third-order valence-electron chi connectivity index (χ3n) is 6.71. The zero-order valence-corrected chi connectivity index (χ0v) is 20.5. The number of nitriles is 1. The number of methoxy groups -OCH3 is 1. The van der Waals surface area contributed by atoms with Gasteiger partial charge in [-0.3, -0.25) is 10.1 Å². The first-order chi connectivity index (χ1) is 17.6. The highest BCUT2D eigenvalue weighted by Crippen LogP contribution is 2.39. The Morgan fingerprint density at radius 3 is 2.31 bits per heavy atom. The molecular weight excluding hydrogens is 450 g/mol. The molecule has 3 aromatic rings. The Labute approximate surface area is 212 Å². The third kappa shape index (κ3) is 6.02. The Bertz CT molecular complexity index is 1210. The number of hydrogen-bond donors (Lipinski definition) is 2. The lowest BCUT2D eigenvalue weighted by Gasteiger charge is -2.42. The fourth-order valence-electron chi connectivity index (χ4n) is 4.77. The fraction of sp³-hybridized carbons (Fsp3) is 0.276. The molecule has 1 saturated heterocycles. The first-order valence-corrected chi connectivity index (χ1v) is 12.1. The maximum absolute atomic E-state index is 13.2.